The van der Waals surface area contributed by atoms with E-state index in [0.29, 0.717) is 92.0 Å². The zero-order chi connectivity index (χ0) is 52.8. The molecule has 75 heavy (non-hydrogen) atoms. The number of methoxy groups -OCH3 is 3. The Kier molecular flexibility index (Phi) is 14.8. The monoisotopic (exact) mass is 1040 g/mol. The minimum atomic E-state index is -1.07. The molecule has 6 heterocycles. The number of aromatic nitrogens is 4. The Hall–Kier alpha value is -6.80. The van der Waals surface area contributed by atoms with Gasteiger partial charge in [-0.15, -0.1) is 0 Å². The predicted molar refractivity (Wildman–Crippen MR) is 270 cm³/mol. The quantitative estimate of drug-likeness (QED) is 0.0896. The lowest BCUT2D eigenvalue weighted by Gasteiger charge is -2.36. The Bertz CT molecular complexity index is 3070. The van der Waals surface area contributed by atoms with Crippen molar-refractivity contribution in [3.8, 4) is 0 Å². The van der Waals surface area contributed by atoms with Crippen molar-refractivity contribution in [2.75, 3.05) is 57.3 Å². The number of imidazole rings is 2. The van der Waals surface area contributed by atoms with E-state index in [4.69, 9.17) is 24.2 Å². The summed E-state index contributed by atoms with van der Waals surface area (Å²) in [6.45, 7) is 5.00. The van der Waals surface area contributed by atoms with Crippen molar-refractivity contribution >= 4 is 51.3 Å². The van der Waals surface area contributed by atoms with E-state index in [2.05, 4.69) is 15.3 Å². The van der Waals surface area contributed by atoms with Crippen LogP contribution in [0, 0.1) is 35.5 Å². The van der Waals surface area contributed by atoms with Crippen molar-refractivity contribution < 1.29 is 50.5 Å². The smallest absolute Gasteiger partial charge is 0.407 e. The lowest BCUT2D eigenvalue weighted by molar-refractivity contribution is -0.137. The second-order valence-electron chi connectivity index (χ2n) is 20.2. The van der Waals surface area contributed by atoms with Crippen LogP contribution in [0.15, 0.2) is 60.7 Å². The fraction of sp³-hybridized carbons (Fsp3) is 0.455. The molecule has 15 nitrogen and oxygen atoms in total. The molecule has 1 radical (unpaired) electrons. The van der Waals surface area contributed by atoms with E-state index in [-0.39, 0.29) is 59.0 Å². The molecular formula is C55H61F5N9O6. The maximum absolute atomic E-state index is 16.9. The molecule has 0 aliphatic carbocycles. The van der Waals surface area contributed by atoms with Gasteiger partial charge in [0.15, 0.2) is 11.6 Å². The second-order valence-corrected chi connectivity index (χ2v) is 20.2. The highest BCUT2D eigenvalue weighted by molar-refractivity contribution is 5.87. The first-order valence-corrected chi connectivity index (χ1v) is 25.7. The number of nitrogens with zero attached hydrogens (tertiary/aromatic N) is 6. The van der Waals surface area contributed by atoms with Crippen molar-refractivity contribution in [1.29, 1.82) is 0 Å². The summed E-state index contributed by atoms with van der Waals surface area (Å²) in [4.78, 5) is 62.5. The van der Waals surface area contributed by atoms with Crippen molar-refractivity contribution in [3.05, 3.63) is 125 Å². The van der Waals surface area contributed by atoms with Gasteiger partial charge in [-0.2, -0.15) is 0 Å². The number of rotatable bonds is 14. The van der Waals surface area contributed by atoms with E-state index in [0.717, 1.165) is 12.0 Å². The number of alkyl carbamates (subject to hydrolysis) is 1. The molecule has 2 aromatic heterocycles. The van der Waals surface area contributed by atoms with Crippen LogP contribution in [0.1, 0.15) is 124 Å². The molecule has 4 aromatic carbocycles. The van der Waals surface area contributed by atoms with Gasteiger partial charge in [-0.25, -0.2) is 36.7 Å². The van der Waals surface area contributed by atoms with E-state index < -0.39 is 71.6 Å². The van der Waals surface area contributed by atoms with Gasteiger partial charge < -0.3 is 49.1 Å². The SMILES string of the molecule is COC(=O)N[C@H](C(=O)N1CCC[C@H]1c1nc2cc([C@H]3CC[C@H](c4cc5nc([C@@H]6CCCN6C(=O)[CH][C@@H](C)OC)[nH]c5cc4F)N3c3cc(F)c(N4CCC(c5ccc(F)cc5)CC4)c(F)c3)c(F)cc2[nH]1)[C@@H](C)OC. The van der Waals surface area contributed by atoms with Crippen LogP contribution in [-0.4, -0.2) is 113 Å². The Morgan fingerprint density at radius 3 is 1.75 bits per heavy atom. The zero-order valence-electron chi connectivity index (χ0n) is 42.5. The first-order chi connectivity index (χ1) is 36.1. The molecule has 4 aliphatic rings. The maximum atomic E-state index is 16.9. The number of halogens is 5. The Morgan fingerprint density at radius 2 is 1.21 bits per heavy atom. The average molecular weight is 1040 g/mol. The summed E-state index contributed by atoms with van der Waals surface area (Å²) >= 11 is 0. The highest BCUT2D eigenvalue weighted by Crippen LogP contribution is 2.50. The molecular weight excluding hydrogens is 978 g/mol. The number of benzene rings is 4. The third kappa shape index (κ3) is 10.1. The second kappa shape index (κ2) is 21.4. The molecule has 7 atom stereocenters. The molecule has 0 bridgehead atoms. The fourth-order valence-corrected chi connectivity index (χ4v) is 11.8. The van der Waals surface area contributed by atoms with Gasteiger partial charge in [-0.1, -0.05) is 12.1 Å². The van der Waals surface area contributed by atoms with Gasteiger partial charge >= 0.3 is 6.09 Å². The van der Waals surface area contributed by atoms with Gasteiger partial charge in [0.2, 0.25) is 11.8 Å². The summed E-state index contributed by atoms with van der Waals surface area (Å²) in [6.07, 6.45) is 3.84. The van der Waals surface area contributed by atoms with Gasteiger partial charge in [0, 0.05) is 57.2 Å². The largest absolute Gasteiger partial charge is 0.453 e. The number of ether oxygens (including phenoxy) is 3. The number of amides is 3. The Morgan fingerprint density at radius 1 is 0.667 bits per heavy atom. The highest BCUT2D eigenvalue weighted by atomic mass is 19.1. The summed E-state index contributed by atoms with van der Waals surface area (Å²) in [5, 5.41) is 2.58. The molecule has 4 fully saturated rings. The summed E-state index contributed by atoms with van der Waals surface area (Å²) < 4.78 is 96.5. The number of likely N-dealkylation sites (tertiary alicyclic amines) is 2. The van der Waals surface area contributed by atoms with Crippen molar-refractivity contribution in [2.24, 2.45) is 0 Å². The number of hydrogen-bond donors (Lipinski definition) is 3. The number of hydrogen-bond acceptors (Lipinski definition) is 10. The normalized spacial score (nSPS) is 21.6. The van der Waals surface area contributed by atoms with Crippen LogP contribution in [0.4, 0.5) is 38.1 Å². The average Bonchev–Trinajstić information content (AvgIpc) is 4.28. The molecule has 3 amide bonds. The van der Waals surface area contributed by atoms with Gasteiger partial charge in [0.1, 0.15) is 40.8 Å². The molecule has 4 aliphatic heterocycles. The molecule has 3 N–H and O–H groups in total. The van der Waals surface area contributed by atoms with E-state index in [9.17, 15) is 18.8 Å². The lowest BCUT2D eigenvalue weighted by atomic mass is 9.89. The number of carbonyl (C=O) groups excluding carboxylic acids is 3. The first-order valence-electron chi connectivity index (χ1n) is 25.7. The molecule has 6 aromatic rings. The molecule has 4 saturated heterocycles. The summed E-state index contributed by atoms with van der Waals surface area (Å²) in [7, 11) is 4.15. The Labute approximate surface area is 431 Å². The van der Waals surface area contributed by atoms with E-state index in [1.54, 1.807) is 57.7 Å². The van der Waals surface area contributed by atoms with Crippen molar-refractivity contribution in [2.45, 2.75) is 114 Å². The molecule has 10 rings (SSSR count). The van der Waals surface area contributed by atoms with Gasteiger partial charge in [0.05, 0.1) is 72.0 Å². The molecule has 20 heteroatoms. The standard InChI is InChI=1S/C55H61F5N9O6/c1-29(73-3)22-49(70)67-18-6-8-47(67)52-61-41-25-35(37(57)27-43(41)63-52)45-14-15-46(69(45)34-23-39(59)51(40(60)24-34)66-20-16-32(17-21-66)31-10-12-33(56)13-11-31)36-26-42-44(28-38(36)58)64-53(62-42)48-9-7-19-68(48)54(71)50(30(2)74-4)65-55(72)75-5/h10-13,22-30,32,45-48,50H,6-9,14-21H2,1-5H3,(H,61,63)(H,62,64)(H,65,72)/t29-,30-,45-,46-,47+,48+,50+/m1/s1. The number of piperidine rings is 1. The molecule has 0 unspecified atom stereocenters. The lowest BCUT2D eigenvalue weighted by Crippen LogP contribution is -2.54. The number of anilines is 2. The fourth-order valence-electron chi connectivity index (χ4n) is 11.8. The van der Waals surface area contributed by atoms with Crippen LogP contribution in [-0.2, 0) is 23.8 Å². The van der Waals surface area contributed by atoms with Crippen LogP contribution in [0.2, 0.25) is 0 Å². The summed E-state index contributed by atoms with van der Waals surface area (Å²) in [5.74, 6) is -2.86. The maximum Gasteiger partial charge on any atom is 0.407 e. The molecule has 0 saturated carbocycles. The van der Waals surface area contributed by atoms with Crippen LogP contribution >= 0.6 is 0 Å². The van der Waals surface area contributed by atoms with E-state index in [1.165, 1.54) is 64.1 Å². The van der Waals surface area contributed by atoms with E-state index >= 15 is 17.6 Å². The van der Waals surface area contributed by atoms with Crippen LogP contribution < -0.4 is 15.1 Å². The van der Waals surface area contributed by atoms with E-state index in [1.807, 2.05) is 0 Å². The number of H-pyrrole nitrogens is 2. The molecule has 0 spiro atoms. The third-order valence-corrected chi connectivity index (χ3v) is 15.8. The first kappa shape index (κ1) is 51.7. The predicted octanol–water partition coefficient (Wildman–Crippen LogP) is 9.93. The van der Waals surface area contributed by atoms with Crippen LogP contribution in [0.3, 0.4) is 0 Å². The minimum Gasteiger partial charge on any atom is -0.453 e. The number of nitrogens with one attached hydrogen (secondary N) is 3. The number of carbonyl (C=O) groups is 3. The summed E-state index contributed by atoms with van der Waals surface area (Å²) in [6, 6.07) is 10.9. The third-order valence-electron chi connectivity index (χ3n) is 15.8. The van der Waals surface area contributed by atoms with Crippen molar-refractivity contribution in [1.82, 2.24) is 35.1 Å². The number of fused-ring (bicyclic) bond motifs is 2. The topological polar surface area (TPSA) is 161 Å². The minimum absolute atomic E-state index is 0.0778. The zero-order valence-corrected chi connectivity index (χ0v) is 42.5. The van der Waals surface area contributed by atoms with Gasteiger partial charge in [-0.3, -0.25) is 9.59 Å². The number of aromatic amines is 2. The molecule has 397 valence electrons. The highest BCUT2D eigenvalue weighted by Gasteiger charge is 2.42. The van der Waals surface area contributed by atoms with Crippen LogP contribution in [0.5, 0.6) is 0 Å². The Balaban J connectivity index is 0.993. The van der Waals surface area contributed by atoms with Crippen molar-refractivity contribution in [3.63, 3.8) is 0 Å². The summed E-state index contributed by atoms with van der Waals surface area (Å²) in [5.41, 5.74) is 2.75. The van der Waals surface area contributed by atoms with Crippen LogP contribution in [0.25, 0.3) is 22.1 Å². The van der Waals surface area contributed by atoms with Gasteiger partial charge in [-0.05, 0) is 125 Å². The van der Waals surface area contributed by atoms with Gasteiger partial charge in [0.25, 0.3) is 0 Å².